The lowest BCUT2D eigenvalue weighted by atomic mass is 10.1. The Morgan fingerprint density at radius 2 is 2.03 bits per heavy atom. The molecule has 0 saturated heterocycles. The number of esters is 1. The maximum atomic E-state index is 14.1. The SMILES string of the molecule is CCCOC(=O)C(C)(C)N[P@](=O)(CO[C@H](C)Cn1cnc2c(N)ncnc21)N[C@H](C)c1cccc(F)c1. The Hall–Kier alpha value is -2.92. The summed E-state index contributed by atoms with van der Waals surface area (Å²) in [5.74, 6) is -0.664. The van der Waals surface area contributed by atoms with E-state index in [9.17, 15) is 13.8 Å². The van der Waals surface area contributed by atoms with Crippen molar-refractivity contribution in [3.05, 3.63) is 48.3 Å². The number of nitrogens with two attached hydrogens (primary N) is 1. The molecule has 11 nitrogen and oxygen atoms in total. The third-order valence-electron chi connectivity index (χ3n) is 5.58. The molecule has 3 rings (SSSR count). The van der Waals surface area contributed by atoms with Crippen molar-refractivity contribution in [2.24, 2.45) is 0 Å². The van der Waals surface area contributed by atoms with Crippen LogP contribution in [-0.2, 0) is 25.4 Å². The van der Waals surface area contributed by atoms with Gasteiger partial charge >= 0.3 is 5.97 Å². The van der Waals surface area contributed by atoms with E-state index in [1.165, 1.54) is 18.5 Å². The topological polar surface area (TPSA) is 146 Å². The predicted molar refractivity (Wildman–Crippen MR) is 139 cm³/mol. The maximum absolute atomic E-state index is 14.1. The molecule has 37 heavy (non-hydrogen) atoms. The van der Waals surface area contributed by atoms with E-state index in [2.05, 4.69) is 25.1 Å². The summed E-state index contributed by atoms with van der Waals surface area (Å²) < 4.78 is 41.0. The molecule has 0 radical (unpaired) electrons. The summed E-state index contributed by atoms with van der Waals surface area (Å²) in [5, 5.41) is 5.98. The Bertz CT molecular complexity index is 1270. The number of imidazole rings is 1. The molecule has 202 valence electrons. The summed E-state index contributed by atoms with van der Waals surface area (Å²) in [6.45, 7) is 9.26. The molecule has 3 atom stereocenters. The van der Waals surface area contributed by atoms with E-state index in [1.54, 1.807) is 43.8 Å². The molecule has 0 amide bonds. The number of nitrogens with one attached hydrogen (secondary N) is 2. The second kappa shape index (κ2) is 12.1. The standard InChI is InChI=1S/C24H35FN7O4P/c1-6-10-35-23(33)24(4,5)31-37(34,30-17(3)18-8-7-9-19(25)11-18)15-36-16(2)12-32-14-29-20-21(26)27-13-28-22(20)32/h7-9,11,13-14,16-17H,6,10,12,15H2,1-5H3,(H2,26,27,28)(H2,30,31,34)/t16-,17-,37+/m1/s1. The van der Waals surface area contributed by atoms with Gasteiger partial charge in [0, 0.05) is 6.04 Å². The molecule has 0 unspecified atom stereocenters. The molecule has 2 aromatic heterocycles. The van der Waals surface area contributed by atoms with Crippen LogP contribution in [0.2, 0.25) is 0 Å². The van der Waals surface area contributed by atoms with Gasteiger partial charge in [0.25, 0.3) is 0 Å². The van der Waals surface area contributed by atoms with Crippen LogP contribution in [0.15, 0.2) is 36.9 Å². The number of ether oxygens (including phenoxy) is 2. The van der Waals surface area contributed by atoms with Crippen molar-refractivity contribution in [3.8, 4) is 0 Å². The van der Waals surface area contributed by atoms with E-state index >= 15 is 0 Å². The number of carbonyl (C=O) groups excluding carboxylic acids is 1. The minimum absolute atomic E-state index is 0.248. The average Bonchev–Trinajstić information content (AvgIpc) is 3.24. The number of aromatic nitrogens is 4. The lowest BCUT2D eigenvalue weighted by Gasteiger charge is -2.33. The smallest absolute Gasteiger partial charge is 0.326 e. The fraction of sp³-hybridized carbons (Fsp3) is 0.500. The minimum atomic E-state index is -3.58. The van der Waals surface area contributed by atoms with Gasteiger partial charge in [0.15, 0.2) is 11.5 Å². The first-order valence-corrected chi connectivity index (χ1v) is 13.9. The Balaban J connectivity index is 1.76. The Labute approximate surface area is 215 Å². The highest BCUT2D eigenvalue weighted by molar-refractivity contribution is 7.59. The van der Waals surface area contributed by atoms with Crippen LogP contribution in [0.1, 0.15) is 52.6 Å². The number of benzene rings is 1. The zero-order chi connectivity index (χ0) is 27.2. The van der Waals surface area contributed by atoms with Crippen LogP contribution < -0.4 is 15.9 Å². The van der Waals surface area contributed by atoms with Crippen LogP contribution in [0.5, 0.6) is 0 Å². The monoisotopic (exact) mass is 535 g/mol. The normalized spacial score (nSPS) is 15.3. The summed E-state index contributed by atoms with van der Waals surface area (Å²) in [7, 11) is -3.58. The fourth-order valence-electron chi connectivity index (χ4n) is 3.73. The first-order chi connectivity index (χ1) is 17.4. The van der Waals surface area contributed by atoms with E-state index in [0.29, 0.717) is 29.7 Å². The highest BCUT2D eigenvalue weighted by Crippen LogP contribution is 2.42. The van der Waals surface area contributed by atoms with Crippen LogP contribution in [0.4, 0.5) is 10.2 Å². The van der Waals surface area contributed by atoms with Crippen LogP contribution in [0.25, 0.3) is 11.2 Å². The van der Waals surface area contributed by atoms with Crippen LogP contribution >= 0.6 is 7.44 Å². The molecule has 0 bridgehead atoms. The average molecular weight is 536 g/mol. The van der Waals surface area contributed by atoms with E-state index in [1.807, 2.05) is 13.8 Å². The fourth-order valence-corrected chi connectivity index (χ4v) is 6.17. The van der Waals surface area contributed by atoms with Crippen molar-refractivity contribution in [2.45, 2.75) is 65.3 Å². The first-order valence-electron chi connectivity index (χ1n) is 12.1. The van der Waals surface area contributed by atoms with Crippen molar-refractivity contribution in [1.82, 2.24) is 29.7 Å². The molecule has 0 spiro atoms. The van der Waals surface area contributed by atoms with Gasteiger partial charge in [-0.3, -0.25) is 9.36 Å². The van der Waals surface area contributed by atoms with E-state index < -0.39 is 36.9 Å². The quantitative estimate of drug-likeness (QED) is 0.218. The van der Waals surface area contributed by atoms with Gasteiger partial charge in [-0.25, -0.2) is 29.5 Å². The number of carbonyl (C=O) groups is 1. The highest BCUT2D eigenvalue weighted by Gasteiger charge is 2.38. The van der Waals surface area contributed by atoms with Crippen molar-refractivity contribution in [1.29, 1.82) is 0 Å². The zero-order valence-electron chi connectivity index (χ0n) is 21.8. The van der Waals surface area contributed by atoms with Gasteiger partial charge < -0.3 is 19.8 Å². The summed E-state index contributed by atoms with van der Waals surface area (Å²) in [5.41, 5.74) is 6.23. The number of halogens is 1. The number of hydrogen-bond donors (Lipinski definition) is 3. The summed E-state index contributed by atoms with van der Waals surface area (Å²) >= 11 is 0. The maximum Gasteiger partial charge on any atom is 0.326 e. The van der Waals surface area contributed by atoms with Gasteiger partial charge in [-0.15, -0.1) is 0 Å². The first kappa shape index (κ1) is 28.6. The third-order valence-corrected chi connectivity index (χ3v) is 7.82. The summed E-state index contributed by atoms with van der Waals surface area (Å²) in [4.78, 5) is 25.1. The molecule has 4 N–H and O–H groups in total. The molecule has 0 aliphatic rings. The molecule has 3 aromatic rings. The lowest BCUT2D eigenvalue weighted by Crippen LogP contribution is -2.49. The minimum Gasteiger partial charge on any atom is -0.464 e. The van der Waals surface area contributed by atoms with Gasteiger partial charge in [0.05, 0.1) is 25.6 Å². The van der Waals surface area contributed by atoms with Crippen molar-refractivity contribution < 1.29 is 23.2 Å². The zero-order valence-corrected chi connectivity index (χ0v) is 22.7. The van der Waals surface area contributed by atoms with Crippen LogP contribution in [0.3, 0.4) is 0 Å². The van der Waals surface area contributed by atoms with Crippen LogP contribution in [0, 0.1) is 5.82 Å². The number of nitrogens with zero attached hydrogens (tertiary/aromatic N) is 4. The number of hydrogen-bond acceptors (Lipinski definition) is 8. The number of anilines is 1. The number of rotatable bonds is 13. The molecule has 1 aromatic carbocycles. The van der Waals surface area contributed by atoms with E-state index in [4.69, 9.17) is 15.2 Å². The van der Waals surface area contributed by atoms with Crippen molar-refractivity contribution in [3.63, 3.8) is 0 Å². The second-order valence-electron chi connectivity index (χ2n) is 9.45. The van der Waals surface area contributed by atoms with Gasteiger partial charge in [-0.2, -0.15) is 0 Å². The molecule has 0 fully saturated rings. The summed E-state index contributed by atoms with van der Waals surface area (Å²) in [6, 6.07) is 5.51. The number of fused-ring (bicyclic) bond motifs is 1. The highest BCUT2D eigenvalue weighted by atomic mass is 31.2. The lowest BCUT2D eigenvalue weighted by molar-refractivity contribution is -0.149. The second-order valence-corrected chi connectivity index (χ2v) is 11.7. The van der Waals surface area contributed by atoms with Crippen molar-refractivity contribution >= 4 is 30.4 Å². The Morgan fingerprint density at radius 1 is 1.27 bits per heavy atom. The van der Waals surface area contributed by atoms with Gasteiger partial charge in [-0.05, 0) is 51.8 Å². The van der Waals surface area contributed by atoms with E-state index in [-0.39, 0.29) is 18.8 Å². The molecule has 13 heteroatoms. The van der Waals surface area contributed by atoms with Gasteiger partial charge in [0.1, 0.15) is 29.5 Å². The van der Waals surface area contributed by atoms with Crippen molar-refractivity contribution in [2.75, 3.05) is 18.7 Å². The largest absolute Gasteiger partial charge is 0.464 e. The Morgan fingerprint density at radius 3 is 2.73 bits per heavy atom. The van der Waals surface area contributed by atoms with Crippen LogP contribution in [-0.4, -0.2) is 50.1 Å². The number of nitrogen functional groups attached to an aromatic ring is 1. The third kappa shape index (κ3) is 7.54. The molecule has 0 aliphatic carbocycles. The van der Waals surface area contributed by atoms with E-state index in [0.717, 1.165) is 0 Å². The molecule has 0 aliphatic heterocycles. The molecule has 2 heterocycles. The summed E-state index contributed by atoms with van der Waals surface area (Å²) in [6.07, 6.45) is 2.95. The van der Waals surface area contributed by atoms with Gasteiger partial charge in [0.2, 0.25) is 7.44 Å². The molecular weight excluding hydrogens is 500 g/mol. The molecular formula is C24H35FN7O4P. The molecule has 0 saturated carbocycles. The van der Waals surface area contributed by atoms with Gasteiger partial charge in [-0.1, -0.05) is 19.1 Å². The Kier molecular flexibility index (Phi) is 9.36. The predicted octanol–water partition coefficient (Wildman–Crippen LogP) is 3.78.